The van der Waals surface area contributed by atoms with E-state index in [1.54, 1.807) is 14.2 Å². The summed E-state index contributed by atoms with van der Waals surface area (Å²) in [5, 5.41) is 6.89. The molecule has 0 aromatic heterocycles. The molecule has 1 aromatic rings. The van der Waals surface area contributed by atoms with Crippen LogP contribution >= 0.6 is 24.0 Å². The van der Waals surface area contributed by atoms with Gasteiger partial charge in [-0.25, -0.2) is 0 Å². The second kappa shape index (κ2) is 13.2. The van der Waals surface area contributed by atoms with E-state index in [9.17, 15) is 4.79 Å². The number of piperazine rings is 1. The van der Waals surface area contributed by atoms with Gasteiger partial charge in [0.25, 0.3) is 0 Å². The number of halogens is 1. The van der Waals surface area contributed by atoms with E-state index in [1.807, 2.05) is 6.07 Å². The first kappa shape index (κ1) is 26.7. The summed E-state index contributed by atoms with van der Waals surface area (Å²) < 4.78 is 5.52. The Kier molecular flexibility index (Phi) is 11.0. The molecule has 1 heterocycles. The van der Waals surface area contributed by atoms with Crippen LogP contribution in [0, 0.1) is 12.8 Å². The molecule has 2 fully saturated rings. The first-order valence-electron chi connectivity index (χ1n) is 11.6. The molecule has 32 heavy (non-hydrogen) atoms. The van der Waals surface area contributed by atoms with Crippen molar-refractivity contribution >= 4 is 35.8 Å². The average Bonchev–Trinajstić information content (AvgIpc) is 3.33. The molecule has 8 heteroatoms. The van der Waals surface area contributed by atoms with Crippen LogP contribution in [-0.4, -0.2) is 75.1 Å². The molecule has 1 saturated heterocycles. The van der Waals surface area contributed by atoms with Crippen LogP contribution in [0.2, 0.25) is 0 Å². The van der Waals surface area contributed by atoms with Crippen molar-refractivity contribution < 1.29 is 9.53 Å². The van der Waals surface area contributed by atoms with E-state index in [1.165, 1.54) is 18.4 Å². The quantitative estimate of drug-likeness (QED) is 0.306. The maximum absolute atomic E-state index is 12.6. The zero-order chi connectivity index (χ0) is 22.2. The van der Waals surface area contributed by atoms with Crippen molar-refractivity contribution in [2.24, 2.45) is 10.9 Å². The van der Waals surface area contributed by atoms with Gasteiger partial charge in [0.1, 0.15) is 5.75 Å². The number of aliphatic imine (C=N–C) groups is 1. The molecule has 1 unspecified atom stereocenters. The van der Waals surface area contributed by atoms with Crippen molar-refractivity contribution in [3.63, 3.8) is 0 Å². The van der Waals surface area contributed by atoms with E-state index in [0.717, 1.165) is 69.4 Å². The number of carbonyl (C=O) groups is 1. The van der Waals surface area contributed by atoms with Crippen LogP contribution in [0.3, 0.4) is 0 Å². The number of ether oxygens (including phenoxy) is 1. The van der Waals surface area contributed by atoms with Crippen molar-refractivity contribution in [3.8, 4) is 5.75 Å². The molecule has 1 atom stereocenters. The molecule has 1 saturated carbocycles. The highest BCUT2D eigenvalue weighted by atomic mass is 127. The lowest BCUT2D eigenvalue weighted by molar-refractivity contribution is -0.137. The normalized spacial score (nSPS) is 18.8. The maximum Gasteiger partial charge on any atom is 0.225 e. The maximum atomic E-state index is 12.6. The SMILES string of the molecule is CN=C(NCCN1CCN(C(=O)C2CCCC2)CC1)NC(C)c1cc(C)ccc1OC.I. The molecule has 1 aromatic carbocycles. The molecule has 1 amide bonds. The van der Waals surface area contributed by atoms with Gasteiger partial charge in [-0.2, -0.15) is 0 Å². The topological polar surface area (TPSA) is 69.2 Å². The number of aryl methyl sites for hydroxylation is 1. The Morgan fingerprint density at radius 1 is 1.22 bits per heavy atom. The summed E-state index contributed by atoms with van der Waals surface area (Å²) in [4.78, 5) is 21.5. The summed E-state index contributed by atoms with van der Waals surface area (Å²) >= 11 is 0. The summed E-state index contributed by atoms with van der Waals surface area (Å²) in [5.74, 6) is 2.34. The van der Waals surface area contributed by atoms with Gasteiger partial charge in [0.15, 0.2) is 5.96 Å². The fourth-order valence-electron chi connectivity index (χ4n) is 4.62. The number of guanidine groups is 1. The molecule has 1 aliphatic carbocycles. The van der Waals surface area contributed by atoms with Crippen molar-refractivity contribution in [2.45, 2.75) is 45.6 Å². The molecule has 0 bridgehead atoms. The average molecular weight is 558 g/mol. The van der Waals surface area contributed by atoms with Gasteiger partial charge in [-0.1, -0.05) is 30.5 Å². The molecule has 2 N–H and O–H groups in total. The van der Waals surface area contributed by atoms with Gasteiger partial charge in [-0.15, -0.1) is 24.0 Å². The van der Waals surface area contributed by atoms with Crippen LogP contribution in [0.5, 0.6) is 5.75 Å². The molecular weight excluding hydrogens is 517 g/mol. The first-order chi connectivity index (χ1) is 15.0. The van der Waals surface area contributed by atoms with E-state index in [2.05, 4.69) is 51.4 Å². The summed E-state index contributed by atoms with van der Waals surface area (Å²) in [6.45, 7) is 9.56. The number of benzene rings is 1. The zero-order valence-electron chi connectivity index (χ0n) is 20.0. The largest absolute Gasteiger partial charge is 0.496 e. The van der Waals surface area contributed by atoms with Gasteiger partial charge in [0.05, 0.1) is 13.2 Å². The number of nitrogens with one attached hydrogen (secondary N) is 2. The van der Waals surface area contributed by atoms with Gasteiger partial charge >= 0.3 is 0 Å². The zero-order valence-corrected chi connectivity index (χ0v) is 22.4. The van der Waals surface area contributed by atoms with Crippen LogP contribution in [0.1, 0.15) is 49.8 Å². The molecule has 2 aliphatic rings. The molecule has 0 radical (unpaired) electrons. The highest BCUT2D eigenvalue weighted by molar-refractivity contribution is 14.0. The Morgan fingerprint density at radius 3 is 2.53 bits per heavy atom. The van der Waals surface area contributed by atoms with E-state index in [0.29, 0.717) is 5.91 Å². The molecule has 3 rings (SSSR count). The van der Waals surface area contributed by atoms with Crippen molar-refractivity contribution in [1.82, 2.24) is 20.4 Å². The van der Waals surface area contributed by atoms with Crippen molar-refractivity contribution in [2.75, 3.05) is 53.4 Å². The van der Waals surface area contributed by atoms with Gasteiger partial charge < -0.3 is 20.3 Å². The molecule has 7 nitrogen and oxygen atoms in total. The number of nitrogens with zero attached hydrogens (tertiary/aromatic N) is 3. The highest BCUT2D eigenvalue weighted by Gasteiger charge is 2.29. The number of carbonyl (C=O) groups excluding carboxylic acids is 1. The number of hydrogen-bond donors (Lipinski definition) is 2. The second-order valence-corrected chi connectivity index (χ2v) is 8.76. The summed E-state index contributed by atoms with van der Waals surface area (Å²) in [6.07, 6.45) is 4.60. The van der Waals surface area contributed by atoms with Crippen molar-refractivity contribution in [1.29, 1.82) is 0 Å². The number of rotatable bonds is 7. The van der Waals surface area contributed by atoms with Crippen LogP contribution in [0.25, 0.3) is 0 Å². The predicted octanol–water partition coefficient (Wildman–Crippen LogP) is 3.18. The minimum atomic E-state index is 0. The molecule has 1 aliphatic heterocycles. The standard InChI is InChI=1S/C24H39N5O2.HI/c1-18-9-10-22(31-4)21(17-18)19(2)27-24(25-3)26-11-12-28-13-15-29(16-14-28)23(30)20-7-5-6-8-20;/h9-10,17,19-20H,5-8,11-16H2,1-4H3,(H2,25,26,27);1H. The first-order valence-corrected chi connectivity index (χ1v) is 11.6. The lowest BCUT2D eigenvalue weighted by Gasteiger charge is -2.36. The Hall–Kier alpha value is -1.55. The second-order valence-electron chi connectivity index (χ2n) is 8.76. The van der Waals surface area contributed by atoms with E-state index >= 15 is 0 Å². The fourth-order valence-corrected chi connectivity index (χ4v) is 4.62. The Morgan fingerprint density at radius 2 is 1.91 bits per heavy atom. The smallest absolute Gasteiger partial charge is 0.225 e. The van der Waals surface area contributed by atoms with Crippen molar-refractivity contribution in [3.05, 3.63) is 29.3 Å². The van der Waals surface area contributed by atoms with E-state index in [4.69, 9.17) is 4.74 Å². The van der Waals surface area contributed by atoms with Crippen LogP contribution in [-0.2, 0) is 4.79 Å². The molecule has 180 valence electrons. The number of hydrogen-bond acceptors (Lipinski definition) is 4. The third kappa shape index (κ3) is 7.23. The Bertz CT molecular complexity index is 759. The van der Waals surface area contributed by atoms with E-state index < -0.39 is 0 Å². The summed E-state index contributed by atoms with van der Waals surface area (Å²) in [6, 6.07) is 6.29. The third-order valence-electron chi connectivity index (χ3n) is 6.54. The van der Waals surface area contributed by atoms with Crippen LogP contribution in [0.15, 0.2) is 23.2 Å². The number of methoxy groups -OCH3 is 1. The molecule has 0 spiro atoms. The number of amides is 1. The van der Waals surface area contributed by atoms with Gasteiger partial charge in [0, 0.05) is 57.8 Å². The van der Waals surface area contributed by atoms with Gasteiger partial charge in [0.2, 0.25) is 5.91 Å². The minimum Gasteiger partial charge on any atom is -0.496 e. The lowest BCUT2D eigenvalue weighted by atomic mass is 10.0. The van der Waals surface area contributed by atoms with Crippen LogP contribution < -0.4 is 15.4 Å². The minimum absolute atomic E-state index is 0. The summed E-state index contributed by atoms with van der Waals surface area (Å²) in [7, 11) is 3.50. The summed E-state index contributed by atoms with van der Waals surface area (Å²) in [5.41, 5.74) is 2.33. The lowest BCUT2D eigenvalue weighted by Crippen LogP contribution is -2.52. The predicted molar refractivity (Wildman–Crippen MR) is 141 cm³/mol. The third-order valence-corrected chi connectivity index (χ3v) is 6.54. The van der Waals surface area contributed by atoms with Gasteiger partial charge in [-0.05, 0) is 32.8 Å². The van der Waals surface area contributed by atoms with E-state index in [-0.39, 0.29) is 35.9 Å². The highest BCUT2D eigenvalue weighted by Crippen LogP contribution is 2.27. The van der Waals surface area contributed by atoms with Gasteiger partial charge in [-0.3, -0.25) is 14.7 Å². The Balaban J connectivity index is 0.00000363. The molecular formula is C24H40IN5O2. The van der Waals surface area contributed by atoms with Crippen LogP contribution in [0.4, 0.5) is 0 Å². The Labute approximate surface area is 210 Å². The monoisotopic (exact) mass is 557 g/mol. The fraction of sp³-hybridized carbons (Fsp3) is 0.667.